The van der Waals surface area contributed by atoms with Crippen molar-refractivity contribution in [1.29, 1.82) is 0 Å². The first kappa shape index (κ1) is 16.1. The van der Waals surface area contributed by atoms with E-state index in [0.29, 0.717) is 33.7 Å². The van der Waals surface area contributed by atoms with Crippen LogP contribution in [-0.4, -0.2) is 32.7 Å². The summed E-state index contributed by atoms with van der Waals surface area (Å²) in [4.78, 5) is 21.5. The van der Waals surface area contributed by atoms with E-state index in [4.69, 9.17) is 4.74 Å². The fourth-order valence-corrected chi connectivity index (χ4v) is 3.10. The average molecular weight is 343 g/mol. The number of hydrogen-bond donors (Lipinski definition) is 2. The van der Waals surface area contributed by atoms with Crippen molar-refractivity contribution in [1.82, 2.24) is 20.2 Å². The van der Waals surface area contributed by atoms with Crippen LogP contribution in [0.4, 0.5) is 5.69 Å². The van der Waals surface area contributed by atoms with Crippen LogP contribution in [0.2, 0.25) is 0 Å². The Hall–Kier alpha value is -2.74. The number of ether oxygens (including phenoxy) is 1. The van der Waals surface area contributed by atoms with Gasteiger partial charge >= 0.3 is 0 Å². The summed E-state index contributed by atoms with van der Waals surface area (Å²) in [6, 6.07) is 5.59. The van der Waals surface area contributed by atoms with Crippen LogP contribution in [0.1, 0.15) is 27.9 Å². The molecule has 0 spiro atoms. The molecule has 2 heterocycles. The van der Waals surface area contributed by atoms with Crippen LogP contribution in [0.5, 0.6) is 5.75 Å². The van der Waals surface area contributed by atoms with Gasteiger partial charge in [-0.3, -0.25) is 9.89 Å². The molecule has 3 aromatic rings. The molecule has 1 amide bonds. The van der Waals surface area contributed by atoms with Crippen LogP contribution >= 0.6 is 11.3 Å². The van der Waals surface area contributed by atoms with Gasteiger partial charge in [0.1, 0.15) is 17.0 Å². The summed E-state index contributed by atoms with van der Waals surface area (Å²) in [6.07, 6.45) is 1.41. The molecular weight excluding hydrogens is 326 g/mol. The van der Waals surface area contributed by atoms with E-state index in [1.165, 1.54) is 17.7 Å². The van der Waals surface area contributed by atoms with Crippen molar-refractivity contribution in [3.63, 3.8) is 0 Å². The molecule has 0 aliphatic carbocycles. The molecule has 124 valence electrons. The number of amides is 1. The third kappa shape index (κ3) is 3.28. The Morgan fingerprint density at radius 1 is 1.38 bits per heavy atom. The van der Waals surface area contributed by atoms with Crippen LogP contribution in [0.15, 0.2) is 24.5 Å². The number of carbonyl (C=O) groups excluding carboxylic acids is 1. The van der Waals surface area contributed by atoms with Crippen LogP contribution in [0.3, 0.4) is 0 Å². The van der Waals surface area contributed by atoms with Gasteiger partial charge in [-0.2, -0.15) is 5.10 Å². The van der Waals surface area contributed by atoms with Crippen molar-refractivity contribution < 1.29 is 9.53 Å². The largest absolute Gasteiger partial charge is 0.494 e. The maximum atomic E-state index is 12.5. The smallest absolute Gasteiger partial charge is 0.267 e. The number of benzene rings is 1. The minimum absolute atomic E-state index is 0.206. The number of aryl methyl sites for hydroxylation is 2. The van der Waals surface area contributed by atoms with E-state index >= 15 is 0 Å². The number of H-pyrrole nitrogens is 1. The number of hydrogen-bond acceptors (Lipinski definition) is 6. The van der Waals surface area contributed by atoms with E-state index in [1.807, 2.05) is 32.0 Å². The van der Waals surface area contributed by atoms with E-state index in [1.54, 1.807) is 6.92 Å². The van der Waals surface area contributed by atoms with E-state index in [0.717, 1.165) is 11.3 Å². The highest BCUT2D eigenvalue weighted by Crippen LogP contribution is 2.27. The highest BCUT2D eigenvalue weighted by molar-refractivity contribution is 7.17. The molecule has 0 bridgehead atoms. The number of nitrogens with one attached hydrogen (secondary N) is 2. The van der Waals surface area contributed by atoms with Crippen molar-refractivity contribution in [2.24, 2.45) is 0 Å². The second-order valence-corrected chi connectivity index (χ2v) is 6.13. The fraction of sp³-hybridized carbons (Fsp3) is 0.250. The zero-order chi connectivity index (χ0) is 17.1. The molecule has 3 rings (SSSR count). The highest BCUT2D eigenvalue weighted by Gasteiger charge is 2.18. The molecule has 0 atom stereocenters. The molecular formula is C16H17N5O2S. The summed E-state index contributed by atoms with van der Waals surface area (Å²) < 4.78 is 5.56. The molecule has 2 aromatic heterocycles. The van der Waals surface area contributed by atoms with Crippen LogP contribution in [0.25, 0.3) is 10.8 Å². The molecule has 0 saturated heterocycles. The number of aromatic nitrogens is 4. The maximum Gasteiger partial charge on any atom is 0.267 e. The Labute approximate surface area is 143 Å². The Morgan fingerprint density at radius 3 is 2.92 bits per heavy atom. The van der Waals surface area contributed by atoms with Gasteiger partial charge in [0, 0.05) is 11.8 Å². The first-order valence-corrected chi connectivity index (χ1v) is 8.28. The van der Waals surface area contributed by atoms with Gasteiger partial charge in [0.05, 0.1) is 12.3 Å². The predicted molar refractivity (Wildman–Crippen MR) is 92.5 cm³/mol. The van der Waals surface area contributed by atoms with Gasteiger partial charge in [-0.1, -0.05) is 6.07 Å². The zero-order valence-electron chi connectivity index (χ0n) is 13.6. The van der Waals surface area contributed by atoms with Gasteiger partial charge in [0.15, 0.2) is 10.8 Å². The topological polar surface area (TPSA) is 92.8 Å². The number of nitrogens with zero attached hydrogens (tertiary/aromatic N) is 3. The van der Waals surface area contributed by atoms with E-state index < -0.39 is 0 Å². The van der Waals surface area contributed by atoms with Gasteiger partial charge < -0.3 is 10.1 Å². The van der Waals surface area contributed by atoms with Crippen LogP contribution < -0.4 is 10.1 Å². The summed E-state index contributed by atoms with van der Waals surface area (Å²) in [6.45, 7) is 6.27. The van der Waals surface area contributed by atoms with E-state index in [-0.39, 0.29) is 5.91 Å². The lowest BCUT2D eigenvalue weighted by molar-refractivity contribution is 0.103. The number of carbonyl (C=O) groups is 1. The van der Waals surface area contributed by atoms with Crippen molar-refractivity contribution in [3.05, 3.63) is 40.7 Å². The maximum absolute atomic E-state index is 12.5. The third-order valence-corrected chi connectivity index (χ3v) is 4.53. The molecule has 2 N–H and O–H groups in total. The molecule has 24 heavy (non-hydrogen) atoms. The standard InChI is InChI=1S/C16H17N5O2S/c1-4-23-12-7-11(6-5-9(12)2)20-15(22)13-10(3)19-16(24-13)14-17-8-18-21-14/h5-8H,4H2,1-3H3,(H,20,22)(H,17,18,21). The Kier molecular flexibility index (Phi) is 4.57. The molecule has 0 saturated carbocycles. The average Bonchev–Trinajstić information content (AvgIpc) is 3.20. The van der Waals surface area contributed by atoms with Crippen molar-refractivity contribution in [2.75, 3.05) is 11.9 Å². The lowest BCUT2D eigenvalue weighted by Gasteiger charge is -2.10. The molecule has 0 radical (unpaired) electrons. The van der Waals surface area contributed by atoms with Gasteiger partial charge in [0.25, 0.3) is 5.91 Å². The lowest BCUT2D eigenvalue weighted by atomic mass is 10.2. The minimum Gasteiger partial charge on any atom is -0.494 e. The first-order valence-electron chi connectivity index (χ1n) is 7.46. The number of anilines is 1. The SMILES string of the molecule is CCOc1cc(NC(=O)c2sc(-c3ncn[nH]3)nc2C)ccc1C. The normalized spacial score (nSPS) is 10.6. The molecule has 0 aliphatic heterocycles. The van der Waals surface area contributed by atoms with Gasteiger partial charge in [-0.15, -0.1) is 11.3 Å². The Bertz CT molecular complexity index is 857. The molecule has 7 nitrogen and oxygen atoms in total. The number of aromatic amines is 1. The van der Waals surface area contributed by atoms with E-state index in [2.05, 4.69) is 25.5 Å². The zero-order valence-corrected chi connectivity index (χ0v) is 14.4. The Morgan fingerprint density at radius 2 is 2.21 bits per heavy atom. The third-order valence-electron chi connectivity index (χ3n) is 3.37. The monoisotopic (exact) mass is 343 g/mol. The van der Waals surface area contributed by atoms with Crippen LogP contribution in [-0.2, 0) is 0 Å². The fourth-order valence-electron chi connectivity index (χ4n) is 2.19. The minimum atomic E-state index is -0.206. The summed E-state index contributed by atoms with van der Waals surface area (Å²) >= 11 is 1.27. The Balaban J connectivity index is 1.82. The van der Waals surface area contributed by atoms with Crippen molar-refractivity contribution >= 4 is 22.9 Å². The molecule has 8 heteroatoms. The molecule has 0 fully saturated rings. The van der Waals surface area contributed by atoms with Gasteiger partial charge in [-0.05, 0) is 32.4 Å². The highest BCUT2D eigenvalue weighted by atomic mass is 32.1. The van der Waals surface area contributed by atoms with Crippen molar-refractivity contribution in [3.8, 4) is 16.6 Å². The van der Waals surface area contributed by atoms with Gasteiger partial charge in [0.2, 0.25) is 0 Å². The summed E-state index contributed by atoms with van der Waals surface area (Å²) in [5, 5.41) is 10.1. The second-order valence-electron chi connectivity index (χ2n) is 5.14. The van der Waals surface area contributed by atoms with Gasteiger partial charge in [-0.25, -0.2) is 9.97 Å². The molecule has 0 aliphatic rings. The lowest BCUT2D eigenvalue weighted by Crippen LogP contribution is -2.11. The first-order chi connectivity index (χ1) is 11.6. The van der Waals surface area contributed by atoms with Crippen LogP contribution in [0, 0.1) is 13.8 Å². The summed E-state index contributed by atoms with van der Waals surface area (Å²) in [5.74, 6) is 1.11. The second kappa shape index (κ2) is 6.79. The number of thiazole rings is 1. The molecule has 0 unspecified atom stereocenters. The summed E-state index contributed by atoms with van der Waals surface area (Å²) in [7, 11) is 0. The quantitative estimate of drug-likeness (QED) is 0.742. The number of rotatable bonds is 5. The van der Waals surface area contributed by atoms with Crippen molar-refractivity contribution in [2.45, 2.75) is 20.8 Å². The predicted octanol–water partition coefficient (Wildman–Crippen LogP) is 3.20. The molecule has 1 aromatic carbocycles. The summed E-state index contributed by atoms with van der Waals surface area (Å²) in [5.41, 5.74) is 2.36. The van der Waals surface area contributed by atoms with E-state index in [9.17, 15) is 4.79 Å².